The number of hydrogen-bond donors (Lipinski definition) is 0. The maximum absolute atomic E-state index is 12.6. The Bertz CT molecular complexity index is 217. The number of carbonyl (C=O) groups excluding carboxylic acids is 1. The zero-order valence-corrected chi connectivity index (χ0v) is 13.7. The Hall–Kier alpha value is -0.313. The Morgan fingerprint density at radius 1 is 1.00 bits per heavy atom. The zero-order valence-electron chi connectivity index (χ0n) is 12.7. The van der Waals surface area contributed by atoms with Crippen molar-refractivity contribution in [2.24, 2.45) is 0 Å². The molecule has 0 aliphatic heterocycles. The predicted octanol–water partition coefficient (Wildman–Crippen LogP) is 4.14. The van der Waals surface area contributed by atoms with Crippen molar-refractivity contribution in [1.29, 1.82) is 0 Å². The van der Waals surface area contributed by atoms with Crippen LogP contribution >= 0.6 is 0 Å². The van der Waals surface area contributed by atoms with Gasteiger partial charge in [-0.25, -0.2) is 0 Å². The Labute approximate surface area is 109 Å². The lowest BCUT2D eigenvalue weighted by Crippen LogP contribution is -2.43. The summed E-state index contributed by atoms with van der Waals surface area (Å²) < 4.78 is 0. The molecule has 0 saturated carbocycles. The molecule has 2 nitrogen and oxygen atoms in total. The minimum absolute atomic E-state index is 0.311. The van der Waals surface area contributed by atoms with Crippen LogP contribution in [0.5, 0.6) is 0 Å². The van der Waals surface area contributed by atoms with Crippen molar-refractivity contribution in [3.63, 3.8) is 0 Å². The number of hydrogen-bond acceptors (Lipinski definition) is 1. The monoisotopic (exact) mass is 257 g/mol. The van der Waals surface area contributed by atoms with Crippen LogP contribution in [-0.4, -0.2) is 32.0 Å². The van der Waals surface area contributed by atoms with Gasteiger partial charge < -0.3 is 4.90 Å². The van der Waals surface area contributed by atoms with Crippen LogP contribution in [0.15, 0.2) is 0 Å². The fraction of sp³-hybridized carbons (Fsp3) is 0.929. The highest BCUT2D eigenvalue weighted by Gasteiger charge is 2.34. The van der Waals surface area contributed by atoms with Gasteiger partial charge in [0.05, 0.1) is 8.07 Å². The van der Waals surface area contributed by atoms with Gasteiger partial charge in [-0.2, -0.15) is 0 Å². The Morgan fingerprint density at radius 3 is 1.76 bits per heavy atom. The highest BCUT2D eigenvalue weighted by Crippen LogP contribution is 2.29. The first kappa shape index (κ1) is 16.7. The summed E-state index contributed by atoms with van der Waals surface area (Å²) in [5.74, 6) is 0.426. The summed E-state index contributed by atoms with van der Waals surface area (Å²) >= 11 is 0. The molecule has 0 aromatic heterocycles. The van der Waals surface area contributed by atoms with Crippen LogP contribution in [0, 0.1) is 0 Å². The topological polar surface area (TPSA) is 20.3 Å². The maximum Gasteiger partial charge on any atom is 0.222 e. The van der Waals surface area contributed by atoms with E-state index in [1.165, 1.54) is 0 Å². The summed E-state index contributed by atoms with van der Waals surface area (Å²) in [7, 11) is -1.38. The quantitative estimate of drug-likeness (QED) is 0.598. The van der Waals surface area contributed by atoms with Gasteiger partial charge in [0.1, 0.15) is 0 Å². The van der Waals surface area contributed by atoms with Crippen molar-refractivity contribution < 1.29 is 4.79 Å². The second kappa shape index (κ2) is 7.91. The lowest BCUT2D eigenvalue weighted by atomic mass is 10.2. The maximum atomic E-state index is 12.6. The van der Waals surface area contributed by atoms with E-state index in [2.05, 4.69) is 45.3 Å². The van der Waals surface area contributed by atoms with Gasteiger partial charge in [-0.1, -0.05) is 46.8 Å². The van der Waals surface area contributed by atoms with Gasteiger partial charge in [-0.3, -0.25) is 4.79 Å². The largest absolute Gasteiger partial charge is 0.343 e. The zero-order chi connectivity index (χ0) is 13.5. The molecule has 3 heteroatoms. The van der Waals surface area contributed by atoms with Gasteiger partial charge in [0, 0.05) is 18.6 Å². The fourth-order valence-corrected chi connectivity index (χ4v) is 4.39. The molecular weight excluding hydrogens is 226 g/mol. The van der Waals surface area contributed by atoms with E-state index < -0.39 is 8.07 Å². The SMILES string of the molecule is CCCC(C(=O)N(CCC)CCC)[Si](C)(C)C. The van der Waals surface area contributed by atoms with Gasteiger partial charge >= 0.3 is 0 Å². The number of carbonyl (C=O) groups is 1. The van der Waals surface area contributed by atoms with Gasteiger partial charge in [0.15, 0.2) is 0 Å². The fourth-order valence-electron chi connectivity index (χ4n) is 2.31. The summed E-state index contributed by atoms with van der Waals surface area (Å²) in [5.41, 5.74) is 0.311. The molecular formula is C14H31NOSi. The number of amides is 1. The van der Waals surface area contributed by atoms with Crippen molar-refractivity contribution in [1.82, 2.24) is 4.90 Å². The van der Waals surface area contributed by atoms with Gasteiger partial charge in [0.2, 0.25) is 5.91 Å². The van der Waals surface area contributed by atoms with E-state index in [9.17, 15) is 4.79 Å². The lowest BCUT2D eigenvalue weighted by Gasteiger charge is -2.33. The van der Waals surface area contributed by atoms with Crippen LogP contribution < -0.4 is 0 Å². The Balaban J connectivity index is 4.77. The molecule has 0 saturated heterocycles. The average molecular weight is 257 g/mol. The van der Waals surface area contributed by atoms with Crippen LogP contribution in [0.3, 0.4) is 0 Å². The summed E-state index contributed by atoms with van der Waals surface area (Å²) in [4.78, 5) is 14.7. The van der Waals surface area contributed by atoms with Crippen molar-refractivity contribution in [2.45, 2.75) is 71.6 Å². The first-order valence-corrected chi connectivity index (χ1v) is 10.7. The first-order valence-electron chi connectivity index (χ1n) is 7.17. The predicted molar refractivity (Wildman–Crippen MR) is 79.2 cm³/mol. The first-order chi connectivity index (χ1) is 7.88. The van der Waals surface area contributed by atoms with Crippen LogP contribution in [0.25, 0.3) is 0 Å². The summed E-state index contributed by atoms with van der Waals surface area (Å²) in [6.07, 6.45) is 4.32. The molecule has 0 spiro atoms. The van der Waals surface area contributed by atoms with Crippen LogP contribution in [0.4, 0.5) is 0 Å². The molecule has 1 unspecified atom stereocenters. The molecule has 0 bridgehead atoms. The van der Waals surface area contributed by atoms with Gasteiger partial charge in [0.25, 0.3) is 0 Å². The number of nitrogens with zero attached hydrogens (tertiary/aromatic N) is 1. The van der Waals surface area contributed by atoms with Gasteiger partial charge in [-0.15, -0.1) is 0 Å². The third kappa shape index (κ3) is 5.71. The highest BCUT2D eigenvalue weighted by atomic mass is 28.3. The molecule has 17 heavy (non-hydrogen) atoms. The molecule has 0 rings (SSSR count). The Kier molecular flexibility index (Phi) is 7.76. The van der Waals surface area contributed by atoms with Crippen LogP contribution in [-0.2, 0) is 4.79 Å². The molecule has 102 valence electrons. The molecule has 0 fully saturated rings. The number of rotatable bonds is 8. The van der Waals surface area contributed by atoms with E-state index in [0.717, 1.165) is 38.8 Å². The standard InChI is InChI=1S/C14H31NOSi/c1-7-10-13(17(4,5)6)14(16)15(11-8-2)12-9-3/h13H,7-12H2,1-6H3. The molecule has 0 radical (unpaired) electrons. The summed E-state index contributed by atoms with van der Waals surface area (Å²) in [5, 5.41) is 0. The van der Waals surface area contributed by atoms with E-state index in [-0.39, 0.29) is 0 Å². The van der Waals surface area contributed by atoms with E-state index in [1.807, 2.05) is 0 Å². The normalized spacial score (nSPS) is 13.5. The second-order valence-corrected chi connectivity index (χ2v) is 11.5. The van der Waals surface area contributed by atoms with E-state index >= 15 is 0 Å². The lowest BCUT2D eigenvalue weighted by molar-refractivity contribution is -0.131. The smallest absolute Gasteiger partial charge is 0.222 e. The molecule has 0 aromatic carbocycles. The van der Waals surface area contributed by atoms with E-state index in [1.54, 1.807) is 0 Å². The van der Waals surface area contributed by atoms with Crippen molar-refractivity contribution in [3.05, 3.63) is 0 Å². The average Bonchev–Trinajstić information content (AvgIpc) is 2.23. The van der Waals surface area contributed by atoms with Crippen molar-refractivity contribution >= 4 is 14.0 Å². The molecule has 1 amide bonds. The van der Waals surface area contributed by atoms with E-state index in [0.29, 0.717) is 11.4 Å². The van der Waals surface area contributed by atoms with Crippen LogP contribution in [0.1, 0.15) is 46.5 Å². The molecule has 0 aliphatic carbocycles. The molecule has 0 N–H and O–H groups in total. The van der Waals surface area contributed by atoms with Crippen LogP contribution in [0.2, 0.25) is 25.2 Å². The van der Waals surface area contributed by atoms with Gasteiger partial charge in [-0.05, 0) is 19.3 Å². The van der Waals surface area contributed by atoms with Crippen molar-refractivity contribution in [2.75, 3.05) is 13.1 Å². The molecule has 0 heterocycles. The van der Waals surface area contributed by atoms with E-state index in [4.69, 9.17) is 0 Å². The Morgan fingerprint density at radius 2 is 1.47 bits per heavy atom. The minimum Gasteiger partial charge on any atom is -0.343 e. The molecule has 1 atom stereocenters. The minimum atomic E-state index is -1.38. The third-order valence-corrected chi connectivity index (χ3v) is 5.85. The van der Waals surface area contributed by atoms with Crippen molar-refractivity contribution in [3.8, 4) is 0 Å². The molecule has 0 aliphatic rings. The molecule has 0 aromatic rings. The summed E-state index contributed by atoms with van der Waals surface area (Å²) in [6, 6.07) is 0. The summed E-state index contributed by atoms with van der Waals surface area (Å²) in [6.45, 7) is 15.3. The second-order valence-electron chi connectivity index (χ2n) is 6.03. The highest BCUT2D eigenvalue weighted by molar-refractivity contribution is 6.80. The third-order valence-electron chi connectivity index (χ3n) is 3.22.